The second kappa shape index (κ2) is 5.44. The molecule has 2 N–H and O–H groups in total. The van der Waals surface area contributed by atoms with Gasteiger partial charge in [0.1, 0.15) is 0 Å². The zero-order chi connectivity index (χ0) is 13.1. The van der Waals surface area contributed by atoms with Crippen LogP contribution in [0.3, 0.4) is 0 Å². The Morgan fingerprint density at radius 3 is 2.35 bits per heavy atom. The van der Waals surface area contributed by atoms with Crippen molar-refractivity contribution in [1.82, 2.24) is 4.72 Å². The number of aryl methyl sites for hydroxylation is 1. The second-order valence-electron chi connectivity index (χ2n) is 3.95. The van der Waals surface area contributed by atoms with Crippen LogP contribution in [0.1, 0.15) is 12.5 Å². The lowest BCUT2D eigenvalue weighted by atomic mass is 10.2. The summed E-state index contributed by atoms with van der Waals surface area (Å²) < 4.78 is 26.2. The van der Waals surface area contributed by atoms with Gasteiger partial charge in [-0.3, -0.25) is 0 Å². The number of aliphatic hydroxyl groups excluding tert-OH is 1. The van der Waals surface area contributed by atoms with Crippen molar-refractivity contribution in [3.05, 3.63) is 42.5 Å². The van der Waals surface area contributed by atoms with Gasteiger partial charge in [-0.2, -0.15) is 0 Å². The highest BCUT2D eigenvalue weighted by Crippen LogP contribution is 2.11. The maximum atomic E-state index is 11.9. The van der Waals surface area contributed by atoms with Gasteiger partial charge in [0.05, 0.1) is 11.0 Å². The Balaban J connectivity index is 2.89. The highest BCUT2D eigenvalue weighted by molar-refractivity contribution is 7.89. The maximum Gasteiger partial charge on any atom is 0.240 e. The molecule has 94 valence electrons. The molecule has 4 nitrogen and oxygen atoms in total. The van der Waals surface area contributed by atoms with E-state index in [2.05, 4.69) is 11.3 Å². The van der Waals surface area contributed by atoms with E-state index in [1.54, 1.807) is 19.1 Å². The summed E-state index contributed by atoms with van der Waals surface area (Å²) >= 11 is 0. The number of sulfonamides is 1. The van der Waals surface area contributed by atoms with Gasteiger partial charge in [-0.15, -0.1) is 6.58 Å². The van der Waals surface area contributed by atoms with E-state index in [1.807, 2.05) is 6.92 Å². The Morgan fingerprint density at radius 1 is 1.35 bits per heavy atom. The summed E-state index contributed by atoms with van der Waals surface area (Å²) in [6.45, 7) is 6.88. The summed E-state index contributed by atoms with van der Waals surface area (Å²) in [5, 5.41) is 9.44. The lowest BCUT2D eigenvalue weighted by Gasteiger charge is -2.17. The quantitative estimate of drug-likeness (QED) is 0.777. The monoisotopic (exact) mass is 255 g/mol. The summed E-state index contributed by atoms with van der Waals surface area (Å²) in [4.78, 5) is 0.186. The number of benzene rings is 1. The van der Waals surface area contributed by atoms with Crippen LogP contribution in [0.2, 0.25) is 0 Å². The van der Waals surface area contributed by atoms with Crippen LogP contribution in [0.15, 0.2) is 41.8 Å². The Hall–Kier alpha value is -1.17. The Bertz CT molecular complexity index is 479. The largest absolute Gasteiger partial charge is 0.387 e. The smallest absolute Gasteiger partial charge is 0.240 e. The summed E-state index contributed by atoms with van der Waals surface area (Å²) in [6.07, 6.45) is 0.387. The van der Waals surface area contributed by atoms with E-state index in [9.17, 15) is 13.5 Å². The molecule has 0 fully saturated rings. The minimum atomic E-state index is -3.59. The van der Waals surface area contributed by atoms with Gasteiger partial charge in [-0.05, 0) is 26.0 Å². The van der Waals surface area contributed by atoms with Crippen LogP contribution in [0.4, 0.5) is 0 Å². The Kier molecular flexibility index (Phi) is 4.45. The molecule has 0 unspecified atom stereocenters. The Morgan fingerprint density at radius 2 is 1.88 bits per heavy atom. The van der Waals surface area contributed by atoms with Crippen LogP contribution in [0, 0.1) is 6.92 Å². The van der Waals surface area contributed by atoms with Gasteiger partial charge in [0.25, 0.3) is 0 Å². The molecule has 2 atom stereocenters. The summed E-state index contributed by atoms with van der Waals surface area (Å²) in [6, 6.07) is 5.90. The molecule has 0 radical (unpaired) electrons. The van der Waals surface area contributed by atoms with Gasteiger partial charge in [0.2, 0.25) is 10.0 Å². The van der Waals surface area contributed by atoms with E-state index >= 15 is 0 Å². The lowest BCUT2D eigenvalue weighted by Crippen LogP contribution is -2.40. The number of hydrogen-bond acceptors (Lipinski definition) is 3. The van der Waals surface area contributed by atoms with Crippen LogP contribution >= 0.6 is 0 Å². The molecule has 0 bridgehead atoms. The van der Waals surface area contributed by atoms with E-state index in [4.69, 9.17) is 0 Å². The summed E-state index contributed by atoms with van der Waals surface area (Å²) in [5.41, 5.74) is 0.989. The Labute approximate surface area is 102 Å². The van der Waals surface area contributed by atoms with Gasteiger partial charge >= 0.3 is 0 Å². The predicted molar refractivity (Wildman–Crippen MR) is 67.2 cm³/mol. The molecule has 0 aliphatic heterocycles. The molecular formula is C12H17NO3S. The average molecular weight is 255 g/mol. The van der Waals surface area contributed by atoms with Crippen molar-refractivity contribution in [1.29, 1.82) is 0 Å². The molecule has 0 aliphatic carbocycles. The van der Waals surface area contributed by atoms with Gasteiger partial charge < -0.3 is 5.11 Å². The van der Waals surface area contributed by atoms with Crippen molar-refractivity contribution in [3.8, 4) is 0 Å². The van der Waals surface area contributed by atoms with Crippen molar-refractivity contribution in [2.45, 2.75) is 30.9 Å². The van der Waals surface area contributed by atoms with Crippen molar-refractivity contribution >= 4 is 10.0 Å². The fourth-order valence-electron chi connectivity index (χ4n) is 1.30. The predicted octanol–water partition coefficient (Wildman–Crippen LogP) is 1.21. The zero-order valence-electron chi connectivity index (χ0n) is 9.92. The molecule has 1 aromatic carbocycles. The van der Waals surface area contributed by atoms with E-state index in [0.717, 1.165) is 5.56 Å². The SMILES string of the molecule is C=C[C@@H](O)[C@H](C)NS(=O)(=O)c1ccc(C)cc1. The average Bonchev–Trinajstić information content (AvgIpc) is 2.27. The third-order valence-electron chi connectivity index (χ3n) is 2.43. The number of nitrogens with one attached hydrogen (secondary N) is 1. The van der Waals surface area contributed by atoms with Gasteiger partial charge in [0.15, 0.2) is 0 Å². The van der Waals surface area contributed by atoms with E-state index in [0.29, 0.717) is 0 Å². The van der Waals surface area contributed by atoms with Crippen LogP contribution in [0.25, 0.3) is 0 Å². The molecular weight excluding hydrogens is 238 g/mol. The minimum absolute atomic E-state index is 0.186. The standard InChI is InChI=1S/C12H17NO3S/c1-4-12(14)10(3)13-17(15,16)11-7-5-9(2)6-8-11/h4-8,10,12-14H,1H2,2-3H3/t10-,12+/m0/s1. The third kappa shape index (κ3) is 3.66. The van der Waals surface area contributed by atoms with Gasteiger partial charge in [-0.1, -0.05) is 23.8 Å². The first-order valence-electron chi connectivity index (χ1n) is 5.26. The molecule has 0 aliphatic rings. The fraction of sp³-hybridized carbons (Fsp3) is 0.333. The molecule has 1 aromatic rings. The molecule has 0 aromatic heterocycles. The van der Waals surface area contributed by atoms with Gasteiger partial charge in [-0.25, -0.2) is 13.1 Å². The second-order valence-corrected chi connectivity index (χ2v) is 5.66. The molecule has 0 saturated heterocycles. The summed E-state index contributed by atoms with van der Waals surface area (Å²) in [5.74, 6) is 0. The third-order valence-corrected chi connectivity index (χ3v) is 4.00. The van der Waals surface area contributed by atoms with Crippen molar-refractivity contribution < 1.29 is 13.5 Å². The maximum absolute atomic E-state index is 11.9. The molecule has 5 heteroatoms. The topological polar surface area (TPSA) is 66.4 Å². The van der Waals surface area contributed by atoms with E-state index < -0.39 is 22.2 Å². The van der Waals surface area contributed by atoms with E-state index in [-0.39, 0.29) is 4.90 Å². The van der Waals surface area contributed by atoms with Crippen molar-refractivity contribution in [3.63, 3.8) is 0 Å². The first kappa shape index (κ1) is 13.9. The molecule has 0 heterocycles. The van der Waals surface area contributed by atoms with Gasteiger partial charge in [0, 0.05) is 6.04 Å². The first-order chi connectivity index (χ1) is 7.86. The molecule has 17 heavy (non-hydrogen) atoms. The number of aliphatic hydroxyl groups is 1. The summed E-state index contributed by atoms with van der Waals surface area (Å²) in [7, 11) is -3.59. The fourth-order valence-corrected chi connectivity index (χ4v) is 2.56. The molecule has 0 saturated carbocycles. The highest BCUT2D eigenvalue weighted by Gasteiger charge is 2.20. The van der Waals surface area contributed by atoms with Crippen LogP contribution < -0.4 is 4.72 Å². The van der Waals surface area contributed by atoms with E-state index in [1.165, 1.54) is 18.2 Å². The normalized spacial score (nSPS) is 15.2. The number of rotatable bonds is 5. The van der Waals surface area contributed by atoms with Crippen molar-refractivity contribution in [2.24, 2.45) is 0 Å². The van der Waals surface area contributed by atoms with Crippen LogP contribution in [-0.2, 0) is 10.0 Å². The number of hydrogen-bond donors (Lipinski definition) is 2. The molecule has 0 spiro atoms. The minimum Gasteiger partial charge on any atom is -0.387 e. The first-order valence-corrected chi connectivity index (χ1v) is 6.75. The zero-order valence-corrected chi connectivity index (χ0v) is 10.7. The van der Waals surface area contributed by atoms with Crippen LogP contribution in [0.5, 0.6) is 0 Å². The molecule has 0 amide bonds. The van der Waals surface area contributed by atoms with Crippen LogP contribution in [-0.4, -0.2) is 25.7 Å². The highest BCUT2D eigenvalue weighted by atomic mass is 32.2. The molecule has 1 rings (SSSR count). The van der Waals surface area contributed by atoms with Crippen molar-refractivity contribution in [2.75, 3.05) is 0 Å². The lowest BCUT2D eigenvalue weighted by molar-refractivity contribution is 0.191.